The number of morpholine rings is 1. The molecule has 1 saturated heterocycles. The van der Waals surface area contributed by atoms with Crippen molar-refractivity contribution in [2.24, 2.45) is 5.92 Å². The average molecular weight is 169 g/mol. The van der Waals surface area contributed by atoms with Gasteiger partial charge in [-0.15, -0.1) is 0 Å². The molecule has 1 N–H and O–H groups in total. The molecule has 2 rings (SSSR count). The topological polar surface area (TPSA) is 21.3 Å². The molecule has 0 aromatic carbocycles. The summed E-state index contributed by atoms with van der Waals surface area (Å²) >= 11 is 0. The van der Waals surface area contributed by atoms with Crippen LogP contribution in [0.4, 0.5) is 0 Å². The second kappa shape index (κ2) is 4.24. The SMILES string of the molecule is C1CCC([C@H]2CNCCO2)CC1. The molecule has 1 saturated carbocycles. The number of ether oxygens (including phenoxy) is 1. The van der Waals surface area contributed by atoms with Gasteiger partial charge in [0.1, 0.15) is 0 Å². The van der Waals surface area contributed by atoms with Crippen LogP contribution in [-0.4, -0.2) is 25.8 Å². The first-order valence-corrected chi connectivity index (χ1v) is 5.29. The Hall–Kier alpha value is -0.0800. The summed E-state index contributed by atoms with van der Waals surface area (Å²) in [5.41, 5.74) is 0. The van der Waals surface area contributed by atoms with Crippen LogP contribution < -0.4 is 5.32 Å². The summed E-state index contributed by atoms with van der Waals surface area (Å²) in [7, 11) is 0. The predicted molar refractivity (Wildman–Crippen MR) is 49.2 cm³/mol. The van der Waals surface area contributed by atoms with Gasteiger partial charge < -0.3 is 10.1 Å². The Balaban J connectivity index is 1.80. The smallest absolute Gasteiger partial charge is 0.0728 e. The minimum absolute atomic E-state index is 0.527. The lowest BCUT2D eigenvalue weighted by Crippen LogP contribution is -2.43. The fourth-order valence-electron chi connectivity index (χ4n) is 2.39. The van der Waals surface area contributed by atoms with Crippen molar-refractivity contribution in [3.05, 3.63) is 0 Å². The van der Waals surface area contributed by atoms with E-state index in [9.17, 15) is 0 Å². The normalized spacial score (nSPS) is 33.5. The Labute approximate surface area is 74.7 Å². The second-order valence-corrected chi connectivity index (χ2v) is 4.01. The summed E-state index contributed by atoms with van der Waals surface area (Å²) in [6, 6.07) is 0. The molecule has 70 valence electrons. The lowest BCUT2D eigenvalue weighted by molar-refractivity contribution is -0.0190. The van der Waals surface area contributed by atoms with Gasteiger partial charge in [-0.2, -0.15) is 0 Å². The van der Waals surface area contributed by atoms with Crippen molar-refractivity contribution in [2.45, 2.75) is 38.2 Å². The Morgan fingerprint density at radius 1 is 1.08 bits per heavy atom. The molecule has 0 bridgehead atoms. The fourth-order valence-corrected chi connectivity index (χ4v) is 2.39. The fraction of sp³-hybridized carbons (Fsp3) is 1.00. The molecule has 1 atom stereocenters. The van der Waals surface area contributed by atoms with Crippen LogP contribution in [0.25, 0.3) is 0 Å². The zero-order chi connectivity index (χ0) is 8.23. The van der Waals surface area contributed by atoms with Crippen LogP contribution in [0.1, 0.15) is 32.1 Å². The zero-order valence-corrected chi connectivity index (χ0v) is 7.72. The highest BCUT2D eigenvalue weighted by molar-refractivity contribution is 4.78. The first-order chi connectivity index (χ1) is 5.97. The molecule has 1 aliphatic heterocycles. The highest BCUT2D eigenvalue weighted by Crippen LogP contribution is 2.28. The molecule has 2 nitrogen and oxygen atoms in total. The highest BCUT2D eigenvalue weighted by Gasteiger charge is 2.25. The maximum Gasteiger partial charge on any atom is 0.0728 e. The molecule has 1 aliphatic carbocycles. The van der Waals surface area contributed by atoms with E-state index in [0.717, 1.165) is 25.6 Å². The summed E-state index contributed by atoms with van der Waals surface area (Å²) in [5, 5.41) is 3.41. The average Bonchev–Trinajstić information content (AvgIpc) is 2.21. The minimum Gasteiger partial charge on any atom is -0.375 e. The van der Waals surface area contributed by atoms with Crippen LogP contribution in [0, 0.1) is 5.92 Å². The molecular formula is C10H19NO. The predicted octanol–water partition coefficient (Wildman–Crippen LogP) is 1.56. The maximum absolute atomic E-state index is 5.75. The zero-order valence-electron chi connectivity index (χ0n) is 7.72. The number of nitrogens with one attached hydrogen (secondary N) is 1. The van der Waals surface area contributed by atoms with Crippen molar-refractivity contribution in [3.63, 3.8) is 0 Å². The van der Waals surface area contributed by atoms with Gasteiger partial charge in [0, 0.05) is 13.1 Å². The lowest BCUT2D eigenvalue weighted by atomic mass is 9.85. The van der Waals surface area contributed by atoms with E-state index in [-0.39, 0.29) is 0 Å². The van der Waals surface area contributed by atoms with Crippen LogP contribution in [-0.2, 0) is 4.74 Å². The quantitative estimate of drug-likeness (QED) is 0.643. The van der Waals surface area contributed by atoms with E-state index in [1.807, 2.05) is 0 Å². The second-order valence-electron chi connectivity index (χ2n) is 4.01. The summed E-state index contributed by atoms with van der Waals surface area (Å²) in [6.45, 7) is 3.05. The largest absolute Gasteiger partial charge is 0.375 e. The van der Waals surface area contributed by atoms with Gasteiger partial charge in [0.2, 0.25) is 0 Å². The molecule has 0 spiro atoms. The third kappa shape index (κ3) is 1.99. The standard InChI is InChI=1S/C10H19NO/c1-2-4-9(5-3-1)10-8-11-6-7-12-10/h9-11H,1-8H2/t10-/m1/s1. The molecular weight excluding hydrogens is 150 g/mol. The molecule has 0 unspecified atom stereocenters. The van der Waals surface area contributed by atoms with Crippen molar-refractivity contribution in [3.8, 4) is 0 Å². The van der Waals surface area contributed by atoms with E-state index in [4.69, 9.17) is 4.74 Å². The molecule has 2 aliphatic rings. The van der Waals surface area contributed by atoms with Gasteiger partial charge in [0.05, 0.1) is 12.7 Å². The number of hydrogen-bond donors (Lipinski definition) is 1. The third-order valence-corrected chi connectivity index (χ3v) is 3.13. The van der Waals surface area contributed by atoms with Crippen LogP contribution in [0.3, 0.4) is 0 Å². The Kier molecular flexibility index (Phi) is 3.01. The molecule has 1 heterocycles. The lowest BCUT2D eigenvalue weighted by Gasteiger charge is -2.33. The molecule has 0 amide bonds. The van der Waals surface area contributed by atoms with Crippen molar-refractivity contribution >= 4 is 0 Å². The van der Waals surface area contributed by atoms with Gasteiger partial charge in [-0.05, 0) is 18.8 Å². The van der Waals surface area contributed by atoms with Crippen LogP contribution >= 0.6 is 0 Å². The Bertz CT molecular complexity index is 110. The molecule has 2 fully saturated rings. The van der Waals surface area contributed by atoms with Gasteiger partial charge in [-0.25, -0.2) is 0 Å². The van der Waals surface area contributed by atoms with E-state index in [1.54, 1.807) is 0 Å². The van der Waals surface area contributed by atoms with Crippen molar-refractivity contribution < 1.29 is 4.74 Å². The van der Waals surface area contributed by atoms with E-state index >= 15 is 0 Å². The summed E-state index contributed by atoms with van der Waals surface area (Å²) in [4.78, 5) is 0. The van der Waals surface area contributed by atoms with E-state index in [2.05, 4.69) is 5.32 Å². The van der Waals surface area contributed by atoms with Gasteiger partial charge in [-0.3, -0.25) is 0 Å². The third-order valence-electron chi connectivity index (χ3n) is 3.13. The van der Waals surface area contributed by atoms with Crippen molar-refractivity contribution in [2.75, 3.05) is 19.7 Å². The summed E-state index contributed by atoms with van der Waals surface area (Å²) < 4.78 is 5.75. The molecule has 2 heteroatoms. The summed E-state index contributed by atoms with van der Waals surface area (Å²) in [6.07, 6.45) is 7.60. The maximum atomic E-state index is 5.75. The molecule has 12 heavy (non-hydrogen) atoms. The van der Waals surface area contributed by atoms with Crippen molar-refractivity contribution in [1.29, 1.82) is 0 Å². The van der Waals surface area contributed by atoms with Gasteiger partial charge in [0.25, 0.3) is 0 Å². The van der Waals surface area contributed by atoms with E-state index in [1.165, 1.54) is 32.1 Å². The number of hydrogen-bond acceptors (Lipinski definition) is 2. The highest BCUT2D eigenvalue weighted by atomic mass is 16.5. The monoisotopic (exact) mass is 169 g/mol. The van der Waals surface area contributed by atoms with E-state index < -0.39 is 0 Å². The minimum atomic E-state index is 0.527. The first-order valence-electron chi connectivity index (χ1n) is 5.29. The van der Waals surface area contributed by atoms with Gasteiger partial charge in [-0.1, -0.05) is 19.3 Å². The van der Waals surface area contributed by atoms with Crippen LogP contribution in [0.15, 0.2) is 0 Å². The van der Waals surface area contributed by atoms with E-state index in [0.29, 0.717) is 6.10 Å². The van der Waals surface area contributed by atoms with Crippen LogP contribution in [0.2, 0.25) is 0 Å². The Morgan fingerprint density at radius 3 is 2.58 bits per heavy atom. The van der Waals surface area contributed by atoms with Crippen molar-refractivity contribution in [1.82, 2.24) is 5.32 Å². The van der Waals surface area contributed by atoms with Crippen LogP contribution in [0.5, 0.6) is 0 Å². The number of rotatable bonds is 1. The molecule has 0 aromatic rings. The molecule has 0 aromatic heterocycles. The molecule has 0 radical (unpaired) electrons. The first kappa shape index (κ1) is 8.52. The van der Waals surface area contributed by atoms with Gasteiger partial charge in [0.15, 0.2) is 0 Å². The van der Waals surface area contributed by atoms with Gasteiger partial charge >= 0.3 is 0 Å². The summed E-state index contributed by atoms with van der Waals surface area (Å²) in [5.74, 6) is 0.853. The Morgan fingerprint density at radius 2 is 1.92 bits per heavy atom.